The van der Waals surface area contributed by atoms with Crippen molar-refractivity contribution >= 4 is 0 Å². The van der Waals surface area contributed by atoms with Crippen molar-refractivity contribution in [3.63, 3.8) is 0 Å². The van der Waals surface area contributed by atoms with Crippen molar-refractivity contribution < 1.29 is 10.2 Å². The fourth-order valence-corrected chi connectivity index (χ4v) is 2.56. The first-order chi connectivity index (χ1) is 5.62. The molecule has 2 rings (SSSR count). The van der Waals surface area contributed by atoms with Crippen LogP contribution in [0.4, 0.5) is 0 Å². The molecule has 70 valence electrons. The Morgan fingerprint density at radius 3 is 2.83 bits per heavy atom. The number of aliphatic hydroxyl groups is 2. The molecule has 2 aliphatic rings. The first kappa shape index (κ1) is 8.48. The zero-order valence-electron chi connectivity index (χ0n) is 7.53. The van der Waals surface area contributed by atoms with E-state index in [4.69, 9.17) is 0 Å². The molecule has 3 heteroatoms. The first-order valence-electron chi connectivity index (χ1n) is 4.77. The van der Waals surface area contributed by atoms with Crippen molar-refractivity contribution in [2.45, 2.75) is 43.9 Å². The van der Waals surface area contributed by atoms with Gasteiger partial charge in [-0.1, -0.05) is 0 Å². The molecule has 3 atom stereocenters. The highest BCUT2D eigenvalue weighted by Gasteiger charge is 2.47. The summed E-state index contributed by atoms with van der Waals surface area (Å²) < 4.78 is 0. The van der Waals surface area contributed by atoms with Crippen molar-refractivity contribution in [1.82, 2.24) is 4.90 Å². The SMILES string of the molecule is C[C@@]1(O)[C@@H]2CCCN2CC[C@@H]1O. The van der Waals surface area contributed by atoms with E-state index >= 15 is 0 Å². The Balaban J connectivity index is 2.18. The van der Waals surface area contributed by atoms with Gasteiger partial charge in [-0.3, -0.25) is 4.90 Å². The predicted octanol–water partition coefficient (Wildman–Crippen LogP) is -0.0336. The minimum atomic E-state index is -0.880. The monoisotopic (exact) mass is 171 g/mol. The summed E-state index contributed by atoms with van der Waals surface area (Å²) in [6.45, 7) is 3.80. The standard InChI is InChI=1S/C9H17NO2/c1-9(12)7-3-2-5-10(7)6-4-8(9)11/h7-8,11-12H,2-6H2,1H3/t7-,8-,9+/m0/s1. The molecule has 3 nitrogen and oxygen atoms in total. The van der Waals surface area contributed by atoms with Gasteiger partial charge in [0.15, 0.2) is 0 Å². The molecule has 0 amide bonds. The van der Waals surface area contributed by atoms with Gasteiger partial charge in [0, 0.05) is 12.6 Å². The van der Waals surface area contributed by atoms with Crippen molar-refractivity contribution in [2.24, 2.45) is 0 Å². The lowest BCUT2D eigenvalue weighted by molar-refractivity contribution is -0.134. The Bertz CT molecular complexity index is 181. The van der Waals surface area contributed by atoms with Crippen LogP contribution in [-0.4, -0.2) is 45.9 Å². The summed E-state index contributed by atoms with van der Waals surface area (Å²) in [7, 11) is 0. The van der Waals surface area contributed by atoms with Crippen molar-refractivity contribution in [2.75, 3.05) is 13.1 Å². The largest absolute Gasteiger partial charge is 0.390 e. The van der Waals surface area contributed by atoms with E-state index in [0.717, 1.165) is 25.9 Å². The molecular formula is C9H17NO2. The second-order valence-corrected chi connectivity index (χ2v) is 4.22. The number of hydrogen-bond donors (Lipinski definition) is 2. The van der Waals surface area contributed by atoms with E-state index in [1.54, 1.807) is 6.92 Å². The quantitative estimate of drug-likeness (QED) is 0.538. The Kier molecular flexibility index (Phi) is 1.90. The molecule has 2 fully saturated rings. The lowest BCUT2D eigenvalue weighted by Gasteiger charge is -2.44. The van der Waals surface area contributed by atoms with E-state index in [1.807, 2.05) is 0 Å². The van der Waals surface area contributed by atoms with Crippen LogP contribution in [0.25, 0.3) is 0 Å². The van der Waals surface area contributed by atoms with Crippen LogP contribution in [0.2, 0.25) is 0 Å². The van der Waals surface area contributed by atoms with Gasteiger partial charge in [0.2, 0.25) is 0 Å². The van der Waals surface area contributed by atoms with Gasteiger partial charge in [0.1, 0.15) is 5.60 Å². The molecule has 2 N–H and O–H groups in total. The molecule has 0 radical (unpaired) electrons. The third-order valence-corrected chi connectivity index (χ3v) is 3.40. The van der Waals surface area contributed by atoms with Gasteiger partial charge in [-0.25, -0.2) is 0 Å². The fourth-order valence-electron chi connectivity index (χ4n) is 2.56. The molecule has 0 saturated carbocycles. The lowest BCUT2D eigenvalue weighted by atomic mass is 9.84. The number of fused-ring (bicyclic) bond motifs is 1. The number of nitrogens with zero attached hydrogens (tertiary/aromatic N) is 1. The number of rotatable bonds is 0. The summed E-state index contributed by atoms with van der Waals surface area (Å²) in [5.41, 5.74) is -0.880. The Morgan fingerprint density at radius 2 is 2.08 bits per heavy atom. The summed E-state index contributed by atoms with van der Waals surface area (Å²) in [5.74, 6) is 0. The topological polar surface area (TPSA) is 43.7 Å². The van der Waals surface area contributed by atoms with Gasteiger partial charge >= 0.3 is 0 Å². The first-order valence-corrected chi connectivity index (χ1v) is 4.77. The number of piperidine rings is 1. The van der Waals surface area contributed by atoms with Crippen LogP contribution in [-0.2, 0) is 0 Å². The average Bonchev–Trinajstić information content (AvgIpc) is 2.46. The molecule has 0 spiro atoms. The van der Waals surface area contributed by atoms with Gasteiger partial charge in [0.05, 0.1) is 6.10 Å². The molecular weight excluding hydrogens is 154 g/mol. The van der Waals surface area contributed by atoms with E-state index in [-0.39, 0.29) is 6.04 Å². The average molecular weight is 171 g/mol. The van der Waals surface area contributed by atoms with E-state index in [2.05, 4.69) is 4.90 Å². The van der Waals surface area contributed by atoms with Crippen molar-refractivity contribution in [1.29, 1.82) is 0 Å². The van der Waals surface area contributed by atoms with Crippen LogP contribution < -0.4 is 0 Å². The minimum absolute atomic E-state index is 0.196. The molecule has 0 bridgehead atoms. The van der Waals surface area contributed by atoms with Crippen LogP contribution in [0, 0.1) is 0 Å². The fraction of sp³-hybridized carbons (Fsp3) is 1.00. The highest BCUT2D eigenvalue weighted by atomic mass is 16.3. The van der Waals surface area contributed by atoms with Crippen LogP contribution in [0.15, 0.2) is 0 Å². The Morgan fingerprint density at radius 1 is 1.33 bits per heavy atom. The van der Waals surface area contributed by atoms with Crippen molar-refractivity contribution in [3.05, 3.63) is 0 Å². The second-order valence-electron chi connectivity index (χ2n) is 4.22. The number of aliphatic hydroxyl groups excluding tert-OH is 1. The summed E-state index contributed by atoms with van der Waals surface area (Å²) in [4.78, 5) is 2.30. The summed E-state index contributed by atoms with van der Waals surface area (Å²) >= 11 is 0. The lowest BCUT2D eigenvalue weighted by Crippen LogP contribution is -2.59. The summed E-state index contributed by atoms with van der Waals surface area (Å²) in [6.07, 6.45) is 2.37. The van der Waals surface area contributed by atoms with E-state index < -0.39 is 11.7 Å². The third-order valence-electron chi connectivity index (χ3n) is 3.40. The Hall–Kier alpha value is -0.120. The molecule has 0 aliphatic carbocycles. The van der Waals surface area contributed by atoms with E-state index in [1.165, 1.54) is 0 Å². The molecule has 2 heterocycles. The second kappa shape index (κ2) is 2.69. The van der Waals surface area contributed by atoms with Crippen LogP contribution in [0.5, 0.6) is 0 Å². The Labute approximate surface area is 73.0 Å². The molecule has 0 unspecified atom stereocenters. The molecule has 2 saturated heterocycles. The maximum absolute atomic E-state index is 10.0. The molecule has 0 aromatic rings. The zero-order chi connectivity index (χ0) is 8.77. The van der Waals surface area contributed by atoms with Gasteiger partial charge < -0.3 is 10.2 Å². The number of hydrogen-bond acceptors (Lipinski definition) is 3. The van der Waals surface area contributed by atoms with Gasteiger partial charge in [-0.05, 0) is 32.7 Å². The highest BCUT2D eigenvalue weighted by Crippen LogP contribution is 2.34. The van der Waals surface area contributed by atoms with Crippen LogP contribution in [0.3, 0.4) is 0 Å². The van der Waals surface area contributed by atoms with E-state index in [0.29, 0.717) is 6.42 Å². The van der Waals surface area contributed by atoms with Gasteiger partial charge in [0.25, 0.3) is 0 Å². The molecule has 0 aromatic heterocycles. The maximum atomic E-state index is 10.0. The van der Waals surface area contributed by atoms with Gasteiger partial charge in [-0.2, -0.15) is 0 Å². The van der Waals surface area contributed by atoms with Crippen LogP contribution >= 0.6 is 0 Å². The molecule has 2 aliphatic heterocycles. The minimum Gasteiger partial charge on any atom is -0.390 e. The van der Waals surface area contributed by atoms with Crippen LogP contribution in [0.1, 0.15) is 26.2 Å². The smallest absolute Gasteiger partial charge is 0.103 e. The molecule has 12 heavy (non-hydrogen) atoms. The predicted molar refractivity (Wildman–Crippen MR) is 45.8 cm³/mol. The highest BCUT2D eigenvalue weighted by molar-refractivity contribution is 5.01. The summed E-state index contributed by atoms with van der Waals surface area (Å²) in [6, 6.07) is 0.196. The maximum Gasteiger partial charge on any atom is 0.103 e. The van der Waals surface area contributed by atoms with Crippen molar-refractivity contribution in [3.8, 4) is 0 Å². The van der Waals surface area contributed by atoms with E-state index in [9.17, 15) is 10.2 Å². The molecule has 0 aromatic carbocycles. The van der Waals surface area contributed by atoms with Gasteiger partial charge in [-0.15, -0.1) is 0 Å². The summed E-state index contributed by atoms with van der Waals surface area (Å²) in [5, 5.41) is 19.6. The normalized spacial score (nSPS) is 49.2. The zero-order valence-corrected chi connectivity index (χ0v) is 7.53. The third kappa shape index (κ3) is 1.08.